The molecule has 10 aromatic carbocycles. The summed E-state index contributed by atoms with van der Waals surface area (Å²) >= 11 is 0. The van der Waals surface area contributed by atoms with E-state index in [2.05, 4.69) is 243 Å². The van der Waals surface area contributed by atoms with E-state index in [1.807, 2.05) is 0 Å². The van der Waals surface area contributed by atoms with E-state index in [0.717, 1.165) is 17.1 Å². The number of benzene rings is 10. The minimum absolute atomic E-state index is 0.0519. The highest BCUT2D eigenvalue weighted by atomic mass is 15.0. The lowest BCUT2D eigenvalue weighted by Gasteiger charge is -2.22. The van der Waals surface area contributed by atoms with E-state index in [1.54, 1.807) is 0 Å². The van der Waals surface area contributed by atoms with Gasteiger partial charge in [-0.15, -0.1) is 0 Å². The van der Waals surface area contributed by atoms with E-state index >= 15 is 0 Å². The first-order valence-corrected chi connectivity index (χ1v) is 21.7. The standard InChI is InChI=1S/C61H43N/c1-61(2)55-27-14-13-23-48(55)49-34-32-45(38-56(49)61)40-28-30-44(31-29-40)59-51-24-11-12-25-52(51)60(50-26-15-21-41-16-9-10-22-47(41)50)53-35-33-46(39-54(53)59)62-57(42-17-5-3-6-18-42)36-37-58(62)43-19-7-4-8-20-43/h3-39H,1-2H3. The monoisotopic (exact) mass is 789 g/mol. The van der Waals surface area contributed by atoms with E-state index in [1.165, 1.54) is 99.1 Å². The van der Waals surface area contributed by atoms with Crippen molar-refractivity contribution >= 4 is 32.3 Å². The SMILES string of the molecule is CC1(C)c2ccccc2-c2ccc(-c3ccc(-c4c5ccccc5c(-c5cccc6ccccc56)c5ccc(-n6c(-c7ccccc7)ccc6-c6ccccc6)cc45)cc3)cc21. The predicted molar refractivity (Wildman–Crippen MR) is 263 cm³/mol. The second-order valence-electron chi connectivity index (χ2n) is 17.2. The van der Waals surface area contributed by atoms with Crippen molar-refractivity contribution in [1.82, 2.24) is 4.57 Å². The highest BCUT2D eigenvalue weighted by Gasteiger charge is 2.35. The molecular formula is C61H43N. The summed E-state index contributed by atoms with van der Waals surface area (Å²) in [6.07, 6.45) is 0. The number of rotatable bonds is 6. The van der Waals surface area contributed by atoms with Gasteiger partial charge in [0.15, 0.2) is 0 Å². The van der Waals surface area contributed by atoms with Crippen LogP contribution in [-0.2, 0) is 5.41 Å². The molecule has 0 aliphatic heterocycles. The van der Waals surface area contributed by atoms with Gasteiger partial charge in [-0.3, -0.25) is 0 Å². The Morgan fingerprint density at radius 1 is 0.306 bits per heavy atom. The third-order valence-electron chi connectivity index (χ3n) is 13.4. The number of fused-ring (bicyclic) bond motifs is 6. The summed E-state index contributed by atoms with van der Waals surface area (Å²) in [5.74, 6) is 0. The molecule has 11 aromatic rings. The van der Waals surface area contributed by atoms with Crippen LogP contribution in [0.5, 0.6) is 0 Å². The van der Waals surface area contributed by atoms with E-state index in [9.17, 15) is 0 Å². The summed E-state index contributed by atoms with van der Waals surface area (Å²) in [4.78, 5) is 0. The Balaban J connectivity index is 1.10. The zero-order valence-electron chi connectivity index (χ0n) is 34.8. The van der Waals surface area contributed by atoms with Crippen molar-refractivity contribution in [1.29, 1.82) is 0 Å². The van der Waals surface area contributed by atoms with Gasteiger partial charge in [0.05, 0.1) is 11.4 Å². The van der Waals surface area contributed by atoms with E-state index in [4.69, 9.17) is 0 Å². The van der Waals surface area contributed by atoms with Crippen molar-refractivity contribution in [3.05, 3.63) is 236 Å². The van der Waals surface area contributed by atoms with Crippen LogP contribution in [0, 0.1) is 0 Å². The summed E-state index contributed by atoms with van der Waals surface area (Å²) in [5.41, 5.74) is 18.7. The van der Waals surface area contributed by atoms with Gasteiger partial charge >= 0.3 is 0 Å². The van der Waals surface area contributed by atoms with E-state index in [-0.39, 0.29) is 5.41 Å². The van der Waals surface area contributed by atoms with Crippen molar-refractivity contribution < 1.29 is 0 Å². The molecule has 0 saturated heterocycles. The maximum absolute atomic E-state index is 2.44. The number of aromatic nitrogens is 1. The quantitative estimate of drug-likeness (QED) is 0.148. The minimum Gasteiger partial charge on any atom is -0.309 e. The first kappa shape index (κ1) is 36.1. The number of hydrogen-bond acceptors (Lipinski definition) is 0. The van der Waals surface area contributed by atoms with Gasteiger partial charge in [-0.1, -0.05) is 208 Å². The normalized spacial score (nSPS) is 12.8. The van der Waals surface area contributed by atoms with Crippen molar-refractivity contribution in [2.24, 2.45) is 0 Å². The second kappa shape index (κ2) is 14.2. The van der Waals surface area contributed by atoms with Crippen LogP contribution >= 0.6 is 0 Å². The third kappa shape index (κ3) is 5.62. The molecule has 1 heterocycles. The fourth-order valence-corrected chi connectivity index (χ4v) is 10.4. The van der Waals surface area contributed by atoms with Gasteiger partial charge in [-0.05, 0) is 129 Å². The predicted octanol–water partition coefficient (Wildman–Crippen LogP) is 16.6. The Morgan fingerprint density at radius 2 is 0.839 bits per heavy atom. The Labute approximate surface area is 362 Å². The van der Waals surface area contributed by atoms with Crippen LogP contribution in [0.15, 0.2) is 224 Å². The molecule has 12 rings (SSSR count). The highest BCUT2D eigenvalue weighted by molar-refractivity contribution is 6.24. The van der Waals surface area contributed by atoms with Crippen LogP contribution in [-0.4, -0.2) is 4.57 Å². The highest BCUT2D eigenvalue weighted by Crippen LogP contribution is 2.50. The fraction of sp³-hybridized carbons (Fsp3) is 0.0492. The molecule has 0 amide bonds. The molecule has 1 aliphatic carbocycles. The van der Waals surface area contributed by atoms with Gasteiger partial charge in [0, 0.05) is 11.1 Å². The zero-order valence-corrected chi connectivity index (χ0v) is 34.8. The molecule has 0 bridgehead atoms. The van der Waals surface area contributed by atoms with E-state index in [0.29, 0.717) is 0 Å². The molecule has 0 fully saturated rings. The maximum atomic E-state index is 2.44. The smallest absolute Gasteiger partial charge is 0.0535 e. The topological polar surface area (TPSA) is 4.93 Å². The number of nitrogens with zero attached hydrogens (tertiary/aromatic N) is 1. The van der Waals surface area contributed by atoms with Crippen molar-refractivity contribution in [3.63, 3.8) is 0 Å². The van der Waals surface area contributed by atoms with Crippen LogP contribution in [0.4, 0.5) is 0 Å². The van der Waals surface area contributed by atoms with Crippen molar-refractivity contribution in [2.45, 2.75) is 19.3 Å². The van der Waals surface area contributed by atoms with Crippen LogP contribution in [0.2, 0.25) is 0 Å². The first-order chi connectivity index (χ1) is 30.5. The van der Waals surface area contributed by atoms with Gasteiger partial charge in [0.25, 0.3) is 0 Å². The van der Waals surface area contributed by atoms with Crippen molar-refractivity contribution in [2.75, 3.05) is 0 Å². The third-order valence-corrected chi connectivity index (χ3v) is 13.4. The lowest BCUT2D eigenvalue weighted by molar-refractivity contribution is 0.660. The Morgan fingerprint density at radius 3 is 1.56 bits per heavy atom. The fourth-order valence-electron chi connectivity index (χ4n) is 10.4. The lowest BCUT2D eigenvalue weighted by Crippen LogP contribution is -2.14. The molecule has 0 spiro atoms. The minimum atomic E-state index is -0.0519. The first-order valence-electron chi connectivity index (χ1n) is 21.7. The summed E-state index contributed by atoms with van der Waals surface area (Å²) in [5, 5.41) is 7.44. The van der Waals surface area contributed by atoms with Gasteiger partial charge in [-0.2, -0.15) is 0 Å². The molecule has 0 saturated carbocycles. The van der Waals surface area contributed by atoms with Gasteiger partial charge in [0.1, 0.15) is 0 Å². The summed E-state index contributed by atoms with van der Waals surface area (Å²) < 4.78 is 2.44. The largest absolute Gasteiger partial charge is 0.309 e. The summed E-state index contributed by atoms with van der Waals surface area (Å²) in [7, 11) is 0. The average Bonchev–Trinajstić information content (AvgIpc) is 3.88. The molecule has 1 heteroatoms. The average molecular weight is 790 g/mol. The molecule has 62 heavy (non-hydrogen) atoms. The molecule has 1 aliphatic rings. The Kier molecular flexibility index (Phi) is 8.27. The molecule has 0 N–H and O–H groups in total. The maximum Gasteiger partial charge on any atom is 0.0535 e. The van der Waals surface area contributed by atoms with Gasteiger partial charge < -0.3 is 4.57 Å². The van der Waals surface area contributed by atoms with Crippen LogP contribution in [0.25, 0.3) is 105 Å². The van der Waals surface area contributed by atoms with Crippen LogP contribution in [0.3, 0.4) is 0 Å². The summed E-state index contributed by atoms with van der Waals surface area (Å²) in [6, 6.07) is 83.0. The van der Waals surface area contributed by atoms with Gasteiger partial charge in [0.2, 0.25) is 0 Å². The van der Waals surface area contributed by atoms with E-state index < -0.39 is 0 Å². The molecular weight excluding hydrogens is 747 g/mol. The van der Waals surface area contributed by atoms with Crippen LogP contribution in [0.1, 0.15) is 25.0 Å². The lowest BCUT2D eigenvalue weighted by atomic mass is 9.81. The molecule has 0 unspecified atom stereocenters. The molecule has 1 nitrogen and oxygen atoms in total. The molecule has 1 aromatic heterocycles. The Bertz CT molecular complexity index is 3450. The Hall–Kier alpha value is -7.74. The second-order valence-corrected chi connectivity index (χ2v) is 17.2. The van der Waals surface area contributed by atoms with Crippen LogP contribution < -0.4 is 0 Å². The zero-order chi connectivity index (χ0) is 41.4. The summed E-state index contributed by atoms with van der Waals surface area (Å²) in [6.45, 7) is 4.71. The van der Waals surface area contributed by atoms with Crippen molar-refractivity contribution in [3.8, 4) is 72.7 Å². The molecule has 0 atom stereocenters. The van der Waals surface area contributed by atoms with Gasteiger partial charge in [-0.25, -0.2) is 0 Å². The number of hydrogen-bond donors (Lipinski definition) is 0. The molecule has 292 valence electrons. The molecule has 0 radical (unpaired) electrons.